The van der Waals surface area contributed by atoms with Gasteiger partial charge in [0.2, 0.25) is 0 Å². The molecule has 0 amide bonds. The first-order valence-electron chi connectivity index (χ1n) is 5.88. The minimum atomic E-state index is -0.416. The van der Waals surface area contributed by atoms with E-state index in [1.165, 1.54) is 7.11 Å². The van der Waals surface area contributed by atoms with Crippen LogP contribution in [0.1, 0.15) is 12.8 Å². The van der Waals surface area contributed by atoms with Crippen molar-refractivity contribution in [3.63, 3.8) is 0 Å². The van der Waals surface area contributed by atoms with Crippen LogP contribution in [0.15, 0.2) is 18.2 Å². The van der Waals surface area contributed by atoms with Gasteiger partial charge in [0.15, 0.2) is 5.75 Å². The van der Waals surface area contributed by atoms with E-state index in [9.17, 15) is 10.1 Å². The maximum absolute atomic E-state index is 11.1. The standard InChI is InChI=1S/C12H16N2O4/c1-17-11-4-2-3-10(12(11)14(15)16)13-9-5-7-18-8-6-9/h2-4,9,13H,5-8H2,1H3. The molecule has 0 radical (unpaired) electrons. The predicted molar refractivity (Wildman–Crippen MR) is 67.1 cm³/mol. The van der Waals surface area contributed by atoms with E-state index in [2.05, 4.69) is 5.32 Å². The molecule has 1 heterocycles. The highest BCUT2D eigenvalue weighted by molar-refractivity contribution is 5.68. The van der Waals surface area contributed by atoms with E-state index >= 15 is 0 Å². The summed E-state index contributed by atoms with van der Waals surface area (Å²) in [7, 11) is 1.43. The zero-order chi connectivity index (χ0) is 13.0. The lowest BCUT2D eigenvalue weighted by Crippen LogP contribution is -2.28. The van der Waals surface area contributed by atoms with Crippen LogP contribution in [-0.2, 0) is 4.74 Å². The maximum Gasteiger partial charge on any atom is 0.333 e. The fourth-order valence-electron chi connectivity index (χ4n) is 2.05. The summed E-state index contributed by atoms with van der Waals surface area (Å²) in [5.74, 6) is 0.275. The third-order valence-electron chi connectivity index (χ3n) is 2.98. The van der Waals surface area contributed by atoms with Gasteiger partial charge in [0.1, 0.15) is 5.69 Å². The highest BCUT2D eigenvalue weighted by Crippen LogP contribution is 2.35. The van der Waals surface area contributed by atoms with Crippen LogP contribution in [0.3, 0.4) is 0 Å². The third-order valence-corrected chi connectivity index (χ3v) is 2.98. The lowest BCUT2D eigenvalue weighted by Gasteiger charge is -2.24. The van der Waals surface area contributed by atoms with Crippen molar-refractivity contribution < 1.29 is 14.4 Å². The zero-order valence-electron chi connectivity index (χ0n) is 10.2. The number of nitrogens with zero attached hydrogens (tertiary/aromatic N) is 1. The summed E-state index contributed by atoms with van der Waals surface area (Å²) in [6.45, 7) is 1.38. The van der Waals surface area contributed by atoms with Crippen LogP contribution in [-0.4, -0.2) is 31.3 Å². The number of hydrogen-bond acceptors (Lipinski definition) is 5. The van der Waals surface area contributed by atoms with E-state index in [1.807, 2.05) is 0 Å². The molecule has 1 aliphatic heterocycles. The number of nitrogens with one attached hydrogen (secondary N) is 1. The molecule has 0 aliphatic carbocycles. The van der Waals surface area contributed by atoms with Crippen molar-refractivity contribution in [2.75, 3.05) is 25.6 Å². The van der Waals surface area contributed by atoms with Crippen molar-refractivity contribution in [2.45, 2.75) is 18.9 Å². The lowest BCUT2D eigenvalue weighted by molar-refractivity contribution is -0.384. The minimum absolute atomic E-state index is 0.00788. The number of nitro benzene ring substituents is 1. The third kappa shape index (κ3) is 2.70. The van der Waals surface area contributed by atoms with Crippen LogP contribution in [0, 0.1) is 10.1 Å². The van der Waals surface area contributed by atoms with Gasteiger partial charge >= 0.3 is 5.69 Å². The van der Waals surface area contributed by atoms with E-state index < -0.39 is 4.92 Å². The summed E-state index contributed by atoms with van der Waals surface area (Å²) < 4.78 is 10.3. The molecule has 0 aromatic heterocycles. The smallest absolute Gasteiger partial charge is 0.333 e. The number of benzene rings is 1. The van der Waals surface area contributed by atoms with E-state index in [0.29, 0.717) is 18.9 Å². The molecule has 0 atom stereocenters. The van der Waals surface area contributed by atoms with E-state index in [-0.39, 0.29) is 17.5 Å². The lowest BCUT2D eigenvalue weighted by atomic mass is 10.1. The summed E-state index contributed by atoms with van der Waals surface area (Å²) >= 11 is 0. The molecule has 0 saturated carbocycles. The van der Waals surface area contributed by atoms with Gasteiger partial charge in [-0.2, -0.15) is 0 Å². The molecule has 1 aliphatic rings. The molecule has 2 rings (SSSR count). The van der Waals surface area contributed by atoms with Crippen molar-refractivity contribution >= 4 is 11.4 Å². The first-order valence-corrected chi connectivity index (χ1v) is 5.88. The second kappa shape index (κ2) is 5.68. The highest BCUT2D eigenvalue weighted by atomic mass is 16.6. The molecule has 0 unspecified atom stereocenters. The molecule has 6 nitrogen and oxygen atoms in total. The highest BCUT2D eigenvalue weighted by Gasteiger charge is 2.23. The minimum Gasteiger partial charge on any atom is -0.490 e. The van der Waals surface area contributed by atoms with Crippen LogP contribution in [0.5, 0.6) is 5.75 Å². The van der Waals surface area contributed by atoms with Crippen LogP contribution in [0.4, 0.5) is 11.4 Å². The molecular weight excluding hydrogens is 236 g/mol. The Balaban J connectivity index is 2.23. The number of rotatable bonds is 4. The number of ether oxygens (including phenoxy) is 2. The van der Waals surface area contributed by atoms with Crippen molar-refractivity contribution in [1.82, 2.24) is 0 Å². The molecular formula is C12H16N2O4. The van der Waals surface area contributed by atoms with E-state index in [4.69, 9.17) is 9.47 Å². The molecule has 98 valence electrons. The summed E-state index contributed by atoms with van der Waals surface area (Å²) in [5, 5.41) is 14.3. The van der Waals surface area contributed by atoms with Crippen LogP contribution in [0.25, 0.3) is 0 Å². The largest absolute Gasteiger partial charge is 0.490 e. The second-order valence-electron chi connectivity index (χ2n) is 4.14. The maximum atomic E-state index is 11.1. The van der Waals surface area contributed by atoms with Gasteiger partial charge in [0.25, 0.3) is 0 Å². The molecule has 1 N–H and O–H groups in total. The van der Waals surface area contributed by atoms with Gasteiger partial charge in [-0.1, -0.05) is 6.07 Å². The van der Waals surface area contributed by atoms with E-state index in [0.717, 1.165) is 12.8 Å². The van der Waals surface area contributed by atoms with Gasteiger partial charge < -0.3 is 14.8 Å². The molecule has 0 spiro atoms. The van der Waals surface area contributed by atoms with E-state index in [1.54, 1.807) is 18.2 Å². The van der Waals surface area contributed by atoms with Gasteiger partial charge in [0.05, 0.1) is 12.0 Å². The zero-order valence-corrected chi connectivity index (χ0v) is 10.2. The summed E-state index contributed by atoms with van der Waals surface area (Å²) in [6, 6.07) is 5.25. The number of hydrogen-bond donors (Lipinski definition) is 1. The Morgan fingerprint density at radius 3 is 2.78 bits per heavy atom. The summed E-state index contributed by atoms with van der Waals surface area (Å²) in [5.41, 5.74) is 0.498. The molecule has 18 heavy (non-hydrogen) atoms. The second-order valence-corrected chi connectivity index (χ2v) is 4.14. The van der Waals surface area contributed by atoms with Crippen molar-refractivity contribution in [1.29, 1.82) is 0 Å². The van der Waals surface area contributed by atoms with Crippen molar-refractivity contribution in [3.8, 4) is 5.75 Å². The topological polar surface area (TPSA) is 73.6 Å². The van der Waals surface area contributed by atoms with Gasteiger partial charge in [-0.3, -0.25) is 10.1 Å². The fourth-order valence-corrected chi connectivity index (χ4v) is 2.05. The van der Waals surface area contributed by atoms with Gasteiger partial charge in [0, 0.05) is 19.3 Å². The Morgan fingerprint density at radius 2 is 2.17 bits per heavy atom. The Labute approximate surface area is 105 Å². The first-order chi connectivity index (χ1) is 8.72. The number of anilines is 1. The Kier molecular flexibility index (Phi) is 3.99. The van der Waals surface area contributed by atoms with Crippen molar-refractivity contribution in [2.24, 2.45) is 0 Å². The monoisotopic (exact) mass is 252 g/mol. The van der Waals surface area contributed by atoms with Crippen molar-refractivity contribution in [3.05, 3.63) is 28.3 Å². The molecule has 6 heteroatoms. The average Bonchev–Trinajstić information content (AvgIpc) is 2.39. The number of para-hydroxylation sites is 1. The molecule has 1 saturated heterocycles. The van der Waals surface area contributed by atoms with Crippen LogP contribution < -0.4 is 10.1 Å². The molecule has 0 bridgehead atoms. The number of methoxy groups -OCH3 is 1. The first kappa shape index (κ1) is 12.6. The average molecular weight is 252 g/mol. The molecule has 1 fully saturated rings. The Hall–Kier alpha value is -1.82. The Bertz CT molecular complexity index is 430. The van der Waals surface area contributed by atoms with Gasteiger partial charge in [-0.15, -0.1) is 0 Å². The molecule has 1 aromatic carbocycles. The molecule has 1 aromatic rings. The van der Waals surface area contributed by atoms with Gasteiger partial charge in [-0.05, 0) is 25.0 Å². The number of nitro groups is 1. The quantitative estimate of drug-likeness (QED) is 0.656. The fraction of sp³-hybridized carbons (Fsp3) is 0.500. The SMILES string of the molecule is COc1cccc(NC2CCOCC2)c1[N+](=O)[O-]. The normalized spacial score (nSPS) is 16.3. The Morgan fingerprint density at radius 1 is 1.44 bits per heavy atom. The van der Waals surface area contributed by atoms with Crippen LogP contribution >= 0.6 is 0 Å². The summed E-state index contributed by atoms with van der Waals surface area (Å²) in [4.78, 5) is 10.7. The summed E-state index contributed by atoms with van der Waals surface area (Å²) in [6.07, 6.45) is 1.71. The predicted octanol–water partition coefficient (Wildman–Crippen LogP) is 2.19. The van der Waals surface area contributed by atoms with Gasteiger partial charge in [-0.25, -0.2) is 0 Å². The van der Waals surface area contributed by atoms with Crippen LogP contribution in [0.2, 0.25) is 0 Å².